The highest BCUT2D eigenvalue weighted by Crippen LogP contribution is 2.11. The molecule has 18 heavy (non-hydrogen) atoms. The van der Waals surface area contributed by atoms with Crippen LogP contribution >= 0.6 is 15.9 Å². The van der Waals surface area contributed by atoms with Gasteiger partial charge in [0.25, 0.3) is 5.91 Å². The number of rotatable bonds is 5. The number of carbonyl (C=O) groups is 2. The van der Waals surface area contributed by atoms with Crippen LogP contribution in [-0.2, 0) is 4.79 Å². The highest BCUT2D eigenvalue weighted by Gasteiger charge is 2.21. The van der Waals surface area contributed by atoms with Crippen molar-refractivity contribution in [3.8, 4) is 0 Å². The van der Waals surface area contributed by atoms with Gasteiger partial charge in [0, 0.05) is 10.0 Å². The first-order chi connectivity index (χ1) is 8.40. The number of benzene rings is 1. The zero-order valence-electron chi connectivity index (χ0n) is 10.3. The Morgan fingerprint density at radius 2 is 1.83 bits per heavy atom. The Kier molecular flexibility index (Phi) is 5.34. The molecule has 1 aromatic rings. The number of halogens is 1. The van der Waals surface area contributed by atoms with Gasteiger partial charge in [-0.05, 0) is 36.6 Å². The summed E-state index contributed by atoms with van der Waals surface area (Å²) in [6.07, 6.45) is 0.414. The highest BCUT2D eigenvalue weighted by molar-refractivity contribution is 9.10. The summed E-state index contributed by atoms with van der Waals surface area (Å²) in [7, 11) is 0. The van der Waals surface area contributed by atoms with Gasteiger partial charge in [-0.25, -0.2) is 4.79 Å². The van der Waals surface area contributed by atoms with Gasteiger partial charge in [-0.1, -0.05) is 29.8 Å². The van der Waals surface area contributed by atoms with E-state index in [1.807, 2.05) is 13.8 Å². The maximum Gasteiger partial charge on any atom is 0.326 e. The number of amides is 1. The number of hydrogen-bond donors (Lipinski definition) is 2. The van der Waals surface area contributed by atoms with E-state index in [0.29, 0.717) is 12.0 Å². The van der Waals surface area contributed by atoms with Gasteiger partial charge in [0.1, 0.15) is 6.04 Å². The van der Waals surface area contributed by atoms with Crippen LogP contribution in [0.3, 0.4) is 0 Å². The molecule has 0 aliphatic carbocycles. The van der Waals surface area contributed by atoms with E-state index < -0.39 is 12.0 Å². The topological polar surface area (TPSA) is 66.4 Å². The molecule has 98 valence electrons. The molecule has 0 aromatic heterocycles. The molecule has 1 atom stereocenters. The van der Waals surface area contributed by atoms with Gasteiger partial charge in [-0.2, -0.15) is 0 Å². The van der Waals surface area contributed by atoms with Crippen molar-refractivity contribution in [3.63, 3.8) is 0 Å². The summed E-state index contributed by atoms with van der Waals surface area (Å²) in [5, 5.41) is 11.6. The number of carboxylic acid groups (broad SMARTS) is 1. The lowest BCUT2D eigenvalue weighted by atomic mass is 10.0. The normalized spacial score (nSPS) is 12.2. The first kappa shape index (κ1) is 14.7. The third-order valence-electron chi connectivity index (χ3n) is 2.42. The fourth-order valence-corrected chi connectivity index (χ4v) is 1.80. The second-order valence-electron chi connectivity index (χ2n) is 4.50. The molecular weight excluding hydrogens is 298 g/mol. The minimum absolute atomic E-state index is 0.205. The molecule has 0 bridgehead atoms. The molecule has 1 rings (SSSR count). The zero-order valence-corrected chi connectivity index (χ0v) is 11.9. The van der Waals surface area contributed by atoms with E-state index in [1.165, 1.54) is 0 Å². The van der Waals surface area contributed by atoms with Crippen molar-refractivity contribution in [2.24, 2.45) is 5.92 Å². The maximum atomic E-state index is 11.9. The first-order valence-electron chi connectivity index (χ1n) is 5.69. The Bertz CT molecular complexity index is 428. The SMILES string of the molecule is CC(C)C[C@@H](NC(=O)c1ccc(Br)cc1)C(=O)O. The summed E-state index contributed by atoms with van der Waals surface area (Å²) in [6.45, 7) is 3.84. The Morgan fingerprint density at radius 3 is 2.28 bits per heavy atom. The highest BCUT2D eigenvalue weighted by atomic mass is 79.9. The smallest absolute Gasteiger partial charge is 0.326 e. The Balaban J connectivity index is 2.72. The number of nitrogens with one attached hydrogen (secondary N) is 1. The van der Waals surface area contributed by atoms with Crippen LogP contribution in [0.25, 0.3) is 0 Å². The molecule has 0 saturated carbocycles. The molecule has 0 unspecified atom stereocenters. The van der Waals surface area contributed by atoms with E-state index in [2.05, 4.69) is 21.2 Å². The third-order valence-corrected chi connectivity index (χ3v) is 2.95. The molecule has 1 aromatic carbocycles. The van der Waals surface area contributed by atoms with E-state index in [-0.39, 0.29) is 11.8 Å². The second kappa shape index (κ2) is 6.54. The molecule has 0 fully saturated rings. The van der Waals surface area contributed by atoms with Crippen LogP contribution in [0.4, 0.5) is 0 Å². The van der Waals surface area contributed by atoms with Crippen LogP contribution in [0.2, 0.25) is 0 Å². The summed E-state index contributed by atoms with van der Waals surface area (Å²) < 4.78 is 0.871. The van der Waals surface area contributed by atoms with Crippen molar-refractivity contribution < 1.29 is 14.7 Å². The van der Waals surface area contributed by atoms with E-state index >= 15 is 0 Å². The number of hydrogen-bond acceptors (Lipinski definition) is 2. The number of carboxylic acids is 1. The van der Waals surface area contributed by atoms with Crippen molar-refractivity contribution in [3.05, 3.63) is 34.3 Å². The van der Waals surface area contributed by atoms with Crippen LogP contribution < -0.4 is 5.32 Å². The van der Waals surface area contributed by atoms with Crippen molar-refractivity contribution in [1.29, 1.82) is 0 Å². The second-order valence-corrected chi connectivity index (χ2v) is 5.42. The maximum absolute atomic E-state index is 11.9. The fourth-order valence-electron chi connectivity index (χ4n) is 1.54. The Labute approximate surface area is 115 Å². The van der Waals surface area contributed by atoms with Gasteiger partial charge in [-0.15, -0.1) is 0 Å². The summed E-state index contributed by atoms with van der Waals surface area (Å²) >= 11 is 3.28. The molecule has 0 aliphatic heterocycles. The summed E-state index contributed by atoms with van der Waals surface area (Å²) in [4.78, 5) is 22.9. The lowest BCUT2D eigenvalue weighted by molar-refractivity contribution is -0.139. The van der Waals surface area contributed by atoms with E-state index in [0.717, 1.165) is 4.47 Å². The van der Waals surface area contributed by atoms with Crippen LogP contribution in [0.15, 0.2) is 28.7 Å². The molecule has 0 heterocycles. The zero-order chi connectivity index (χ0) is 13.7. The number of carbonyl (C=O) groups excluding carboxylic acids is 1. The lowest BCUT2D eigenvalue weighted by Gasteiger charge is -2.16. The average molecular weight is 314 g/mol. The fraction of sp³-hybridized carbons (Fsp3) is 0.385. The van der Waals surface area contributed by atoms with Crippen LogP contribution in [0.5, 0.6) is 0 Å². The average Bonchev–Trinajstić information content (AvgIpc) is 2.28. The molecule has 5 heteroatoms. The van der Waals surface area contributed by atoms with Crippen molar-refractivity contribution in [1.82, 2.24) is 5.32 Å². The van der Waals surface area contributed by atoms with Gasteiger partial charge in [-0.3, -0.25) is 4.79 Å². The largest absolute Gasteiger partial charge is 0.480 e. The molecule has 4 nitrogen and oxygen atoms in total. The van der Waals surface area contributed by atoms with Gasteiger partial charge in [0.2, 0.25) is 0 Å². The van der Waals surface area contributed by atoms with Crippen LogP contribution in [-0.4, -0.2) is 23.0 Å². The van der Waals surface area contributed by atoms with Crippen molar-refractivity contribution >= 4 is 27.8 Å². The minimum Gasteiger partial charge on any atom is -0.480 e. The lowest BCUT2D eigenvalue weighted by Crippen LogP contribution is -2.41. The monoisotopic (exact) mass is 313 g/mol. The van der Waals surface area contributed by atoms with Gasteiger partial charge in [0.05, 0.1) is 0 Å². The summed E-state index contributed by atoms with van der Waals surface area (Å²) in [5.41, 5.74) is 0.452. The number of aliphatic carboxylic acids is 1. The minimum atomic E-state index is -1.01. The van der Waals surface area contributed by atoms with E-state index in [4.69, 9.17) is 5.11 Å². The van der Waals surface area contributed by atoms with E-state index in [1.54, 1.807) is 24.3 Å². The molecule has 0 radical (unpaired) electrons. The molecule has 0 aliphatic rings. The van der Waals surface area contributed by atoms with Gasteiger partial charge in [0.15, 0.2) is 0 Å². The third kappa shape index (κ3) is 4.49. The quantitative estimate of drug-likeness (QED) is 0.878. The Hall–Kier alpha value is -1.36. The molecular formula is C13H16BrNO3. The summed E-state index contributed by atoms with van der Waals surface area (Å²) in [5.74, 6) is -1.17. The van der Waals surface area contributed by atoms with Gasteiger partial charge >= 0.3 is 5.97 Å². The standard InChI is InChI=1S/C13H16BrNO3/c1-8(2)7-11(13(17)18)15-12(16)9-3-5-10(14)6-4-9/h3-6,8,11H,7H2,1-2H3,(H,15,16)(H,17,18)/t11-/m1/s1. The predicted octanol–water partition coefficient (Wildman–Crippen LogP) is 2.68. The Morgan fingerprint density at radius 1 is 1.28 bits per heavy atom. The van der Waals surface area contributed by atoms with E-state index in [9.17, 15) is 9.59 Å². The van der Waals surface area contributed by atoms with Gasteiger partial charge < -0.3 is 10.4 Å². The summed E-state index contributed by atoms with van der Waals surface area (Å²) in [6, 6.07) is 5.93. The van der Waals surface area contributed by atoms with Crippen LogP contribution in [0.1, 0.15) is 30.6 Å². The molecule has 1 amide bonds. The van der Waals surface area contributed by atoms with Crippen molar-refractivity contribution in [2.75, 3.05) is 0 Å². The van der Waals surface area contributed by atoms with Crippen molar-refractivity contribution in [2.45, 2.75) is 26.3 Å². The molecule has 0 spiro atoms. The van der Waals surface area contributed by atoms with Crippen LogP contribution in [0, 0.1) is 5.92 Å². The predicted molar refractivity (Wildman–Crippen MR) is 72.5 cm³/mol. The molecule has 2 N–H and O–H groups in total. The molecule has 0 saturated heterocycles. The first-order valence-corrected chi connectivity index (χ1v) is 6.48.